The van der Waals surface area contributed by atoms with Crippen molar-refractivity contribution < 1.29 is 14.3 Å². The summed E-state index contributed by atoms with van der Waals surface area (Å²) in [5.74, 6) is -0.940. The van der Waals surface area contributed by atoms with Crippen LogP contribution in [0.3, 0.4) is 0 Å². The maximum atomic E-state index is 13.3. The van der Waals surface area contributed by atoms with E-state index in [9.17, 15) is 9.59 Å². The Labute approximate surface area is 187 Å². The van der Waals surface area contributed by atoms with E-state index in [1.165, 1.54) is 0 Å². The third kappa shape index (κ3) is 4.31. The lowest BCUT2D eigenvalue weighted by molar-refractivity contribution is -0.140. The number of hydrogen-bond donors (Lipinski definition) is 1. The third-order valence-corrected chi connectivity index (χ3v) is 6.23. The summed E-state index contributed by atoms with van der Waals surface area (Å²) in [6.45, 7) is 6.20. The maximum absolute atomic E-state index is 13.3. The quantitative estimate of drug-likeness (QED) is 0.627. The largest absolute Gasteiger partial charge is 0.457 e. The number of dihydropyridines is 1. The minimum Gasteiger partial charge on any atom is -0.457 e. The molecule has 0 saturated heterocycles. The number of carbonyl (C=O) groups excluding carboxylic acids is 2. The van der Waals surface area contributed by atoms with Gasteiger partial charge in [-0.1, -0.05) is 74.0 Å². The van der Waals surface area contributed by atoms with Crippen molar-refractivity contribution in [2.45, 2.75) is 46.1 Å². The summed E-state index contributed by atoms with van der Waals surface area (Å²) in [4.78, 5) is 26.6. The van der Waals surface area contributed by atoms with Crippen LogP contribution in [0.25, 0.3) is 0 Å². The first-order valence-corrected chi connectivity index (χ1v) is 10.8. The number of Topliss-reactive ketones (excluding diaryl/α,β-unsaturated/α-hetero) is 1. The van der Waals surface area contributed by atoms with Gasteiger partial charge in [-0.3, -0.25) is 4.79 Å². The number of nitrogens with one attached hydrogen (secondary N) is 1. The molecule has 1 N–H and O–H groups in total. The van der Waals surface area contributed by atoms with Gasteiger partial charge in [-0.2, -0.15) is 0 Å². The molecule has 5 heteroatoms. The first kappa shape index (κ1) is 21.4. The summed E-state index contributed by atoms with van der Waals surface area (Å²) in [7, 11) is 0. The summed E-state index contributed by atoms with van der Waals surface area (Å²) < 4.78 is 5.67. The lowest BCUT2D eigenvalue weighted by Crippen LogP contribution is -2.38. The zero-order chi connectivity index (χ0) is 22.2. The molecule has 0 fully saturated rings. The Bertz CT molecular complexity index is 1100. The van der Waals surface area contributed by atoms with E-state index in [4.69, 9.17) is 16.3 Å². The Kier molecular flexibility index (Phi) is 5.76. The van der Waals surface area contributed by atoms with Crippen LogP contribution in [0.2, 0.25) is 5.02 Å². The predicted molar refractivity (Wildman–Crippen MR) is 121 cm³/mol. The van der Waals surface area contributed by atoms with E-state index >= 15 is 0 Å². The van der Waals surface area contributed by atoms with Gasteiger partial charge in [0, 0.05) is 34.3 Å². The summed E-state index contributed by atoms with van der Waals surface area (Å²) in [5, 5.41) is 3.88. The zero-order valence-electron chi connectivity index (χ0n) is 18.0. The van der Waals surface area contributed by atoms with Crippen LogP contribution >= 0.6 is 11.6 Å². The van der Waals surface area contributed by atoms with Gasteiger partial charge in [0.15, 0.2) is 5.78 Å². The highest BCUT2D eigenvalue weighted by Gasteiger charge is 2.43. The first-order chi connectivity index (χ1) is 14.8. The second-order valence-electron chi connectivity index (χ2n) is 9.01. The number of ketones is 1. The monoisotopic (exact) mass is 435 g/mol. The Morgan fingerprint density at radius 3 is 2.48 bits per heavy atom. The summed E-state index contributed by atoms with van der Waals surface area (Å²) in [6.07, 6.45) is 1.17. The van der Waals surface area contributed by atoms with E-state index in [1.54, 1.807) is 6.07 Å². The van der Waals surface area contributed by atoms with Crippen molar-refractivity contribution in [2.24, 2.45) is 5.41 Å². The zero-order valence-corrected chi connectivity index (χ0v) is 18.8. The molecule has 160 valence electrons. The average molecular weight is 436 g/mol. The van der Waals surface area contributed by atoms with Gasteiger partial charge in [0.2, 0.25) is 0 Å². The number of allylic oxidation sites excluding steroid dienone is 3. The van der Waals surface area contributed by atoms with Gasteiger partial charge in [-0.25, -0.2) is 4.79 Å². The lowest BCUT2D eigenvalue weighted by Gasteiger charge is -2.39. The van der Waals surface area contributed by atoms with E-state index in [1.807, 2.05) is 55.5 Å². The van der Waals surface area contributed by atoms with E-state index in [0.29, 0.717) is 28.3 Å². The molecule has 0 radical (unpaired) electrons. The Morgan fingerprint density at radius 2 is 1.77 bits per heavy atom. The number of carbonyl (C=O) groups is 2. The molecule has 0 bridgehead atoms. The average Bonchev–Trinajstić information content (AvgIpc) is 2.71. The second-order valence-corrected chi connectivity index (χ2v) is 9.42. The van der Waals surface area contributed by atoms with Crippen LogP contribution < -0.4 is 5.32 Å². The number of benzene rings is 2. The number of halogens is 1. The normalized spacial score (nSPS) is 20.3. The van der Waals surface area contributed by atoms with Crippen molar-refractivity contribution in [3.05, 3.63) is 93.3 Å². The van der Waals surface area contributed by atoms with Crippen molar-refractivity contribution in [1.29, 1.82) is 0 Å². The molecule has 4 rings (SSSR count). The van der Waals surface area contributed by atoms with Crippen LogP contribution in [-0.2, 0) is 20.9 Å². The third-order valence-electron chi connectivity index (χ3n) is 5.89. The minimum atomic E-state index is -0.545. The van der Waals surface area contributed by atoms with Gasteiger partial charge in [0.05, 0.1) is 5.57 Å². The highest BCUT2D eigenvalue weighted by Crippen LogP contribution is 2.48. The molecule has 1 aliphatic heterocycles. The SMILES string of the molecule is CC1=C(C(=O)OCc2ccccc2)[C@H](c2ccccc2Cl)C2=C(CC(C)(C)CC2=O)N1. The van der Waals surface area contributed by atoms with Gasteiger partial charge in [-0.05, 0) is 36.0 Å². The first-order valence-electron chi connectivity index (χ1n) is 10.5. The van der Waals surface area contributed by atoms with Gasteiger partial charge in [0.25, 0.3) is 0 Å². The molecular weight excluding hydrogens is 410 g/mol. The molecule has 2 aliphatic rings. The van der Waals surface area contributed by atoms with E-state index < -0.39 is 11.9 Å². The molecule has 1 heterocycles. The summed E-state index contributed by atoms with van der Waals surface area (Å²) in [6, 6.07) is 16.9. The maximum Gasteiger partial charge on any atom is 0.337 e. The molecular formula is C26H26ClNO3. The highest BCUT2D eigenvalue weighted by atomic mass is 35.5. The molecule has 0 amide bonds. The topological polar surface area (TPSA) is 55.4 Å². The van der Waals surface area contributed by atoms with Crippen LogP contribution in [0.15, 0.2) is 77.1 Å². The van der Waals surface area contributed by atoms with Crippen LogP contribution in [0.5, 0.6) is 0 Å². The van der Waals surface area contributed by atoms with Crippen molar-refractivity contribution in [3.63, 3.8) is 0 Å². The van der Waals surface area contributed by atoms with Gasteiger partial charge in [0.1, 0.15) is 6.61 Å². The fourth-order valence-corrected chi connectivity index (χ4v) is 4.77. The predicted octanol–water partition coefficient (Wildman–Crippen LogP) is 5.69. The van der Waals surface area contributed by atoms with Crippen molar-refractivity contribution in [1.82, 2.24) is 5.32 Å². The molecule has 1 atom stereocenters. The Balaban J connectivity index is 1.75. The summed E-state index contributed by atoms with van der Waals surface area (Å²) >= 11 is 6.55. The smallest absolute Gasteiger partial charge is 0.337 e. The second kappa shape index (κ2) is 8.35. The standard InChI is InChI=1S/C26H26ClNO3/c1-16-22(25(30)31-15-17-9-5-4-6-10-17)23(18-11-7-8-12-19(18)27)24-20(28-16)13-26(2,3)14-21(24)29/h4-12,23,28H,13-15H2,1-3H3/t23-/m0/s1. The fraction of sp³-hybridized carbons (Fsp3) is 0.308. The van der Waals surface area contributed by atoms with Crippen molar-refractivity contribution >= 4 is 23.4 Å². The number of esters is 1. The molecule has 0 aromatic heterocycles. The molecule has 4 nitrogen and oxygen atoms in total. The Morgan fingerprint density at radius 1 is 1.10 bits per heavy atom. The number of rotatable bonds is 4. The van der Waals surface area contributed by atoms with E-state index in [0.717, 1.165) is 23.2 Å². The summed E-state index contributed by atoms with van der Waals surface area (Å²) in [5.41, 5.74) is 4.16. The van der Waals surface area contributed by atoms with Crippen LogP contribution in [-0.4, -0.2) is 11.8 Å². The van der Waals surface area contributed by atoms with Crippen LogP contribution in [0.1, 0.15) is 50.7 Å². The molecule has 0 spiro atoms. The van der Waals surface area contributed by atoms with Crippen molar-refractivity contribution in [2.75, 3.05) is 0 Å². The highest BCUT2D eigenvalue weighted by molar-refractivity contribution is 6.31. The molecule has 1 aliphatic carbocycles. The molecule has 2 aromatic rings. The van der Waals surface area contributed by atoms with Crippen LogP contribution in [0, 0.1) is 5.41 Å². The number of ether oxygens (including phenoxy) is 1. The van der Waals surface area contributed by atoms with Gasteiger partial charge in [-0.15, -0.1) is 0 Å². The molecule has 0 saturated carbocycles. The molecule has 0 unspecified atom stereocenters. The number of hydrogen-bond acceptors (Lipinski definition) is 4. The van der Waals surface area contributed by atoms with E-state index in [2.05, 4.69) is 19.2 Å². The fourth-order valence-electron chi connectivity index (χ4n) is 4.53. The van der Waals surface area contributed by atoms with E-state index in [-0.39, 0.29) is 17.8 Å². The Hall–Kier alpha value is -2.85. The minimum absolute atomic E-state index is 0.0459. The van der Waals surface area contributed by atoms with Gasteiger partial charge < -0.3 is 10.1 Å². The van der Waals surface area contributed by atoms with Crippen molar-refractivity contribution in [3.8, 4) is 0 Å². The van der Waals surface area contributed by atoms with Crippen LogP contribution in [0.4, 0.5) is 0 Å². The molecule has 2 aromatic carbocycles. The van der Waals surface area contributed by atoms with Gasteiger partial charge >= 0.3 is 5.97 Å². The lowest BCUT2D eigenvalue weighted by atomic mass is 9.68. The molecule has 31 heavy (non-hydrogen) atoms.